The molecule has 0 radical (unpaired) electrons. The van der Waals surface area contributed by atoms with Crippen molar-refractivity contribution >= 4 is 29.9 Å². The summed E-state index contributed by atoms with van der Waals surface area (Å²) < 4.78 is 38.0. The highest BCUT2D eigenvalue weighted by Crippen LogP contribution is 2.33. The molecule has 0 fully saturated rings. The van der Waals surface area contributed by atoms with Crippen molar-refractivity contribution in [3.05, 3.63) is 58.7 Å². The number of hydrogen-bond acceptors (Lipinski definition) is 4. The van der Waals surface area contributed by atoms with Crippen LogP contribution in [-0.2, 0) is 19.5 Å². The molecule has 1 aliphatic rings. The van der Waals surface area contributed by atoms with Gasteiger partial charge in [-0.2, -0.15) is 0 Å². The summed E-state index contributed by atoms with van der Waals surface area (Å²) in [6, 6.07) is 7.52. The fourth-order valence-corrected chi connectivity index (χ4v) is 3.64. The SMILES string of the molecule is CCNC(=NCc1cc(F)ccc1F)NCCN1CCc2cc(OC)c(OC)cc2C1.I. The third-order valence-corrected chi connectivity index (χ3v) is 5.28. The zero-order chi connectivity index (χ0) is 22.2. The number of guanidine groups is 1. The van der Waals surface area contributed by atoms with E-state index < -0.39 is 11.6 Å². The van der Waals surface area contributed by atoms with Crippen molar-refractivity contribution in [2.45, 2.75) is 26.4 Å². The maximum atomic E-state index is 13.8. The maximum Gasteiger partial charge on any atom is 0.191 e. The summed E-state index contributed by atoms with van der Waals surface area (Å²) in [6.45, 7) is 6.00. The van der Waals surface area contributed by atoms with Gasteiger partial charge < -0.3 is 20.1 Å². The van der Waals surface area contributed by atoms with E-state index in [0.29, 0.717) is 19.0 Å². The summed E-state index contributed by atoms with van der Waals surface area (Å²) in [6.07, 6.45) is 0.947. The first-order valence-corrected chi connectivity index (χ1v) is 10.5. The van der Waals surface area contributed by atoms with Crippen molar-refractivity contribution in [1.29, 1.82) is 0 Å². The standard InChI is InChI=1S/C23H30F2N4O2.HI/c1-4-26-23(28-14-17-11-19(24)5-6-20(17)25)27-8-10-29-9-7-16-12-21(30-2)22(31-3)13-18(16)15-29;/h5-6,11-13H,4,7-10,14-15H2,1-3H3,(H2,26,27,28);1H. The summed E-state index contributed by atoms with van der Waals surface area (Å²) in [7, 11) is 3.29. The molecule has 0 spiro atoms. The molecular formula is C23H31F2IN4O2. The van der Waals surface area contributed by atoms with Gasteiger partial charge in [0.2, 0.25) is 0 Å². The molecule has 9 heteroatoms. The number of methoxy groups -OCH3 is 2. The number of halogens is 3. The zero-order valence-corrected chi connectivity index (χ0v) is 21.0. The Morgan fingerprint density at radius 3 is 2.47 bits per heavy atom. The molecule has 176 valence electrons. The number of ether oxygens (including phenoxy) is 2. The van der Waals surface area contributed by atoms with Gasteiger partial charge in [0, 0.05) is 38.3 Å². The smallest absolute Gasteiger partial charge is 0.191 e. The Bertz CT molecular complexity index is 927. The van der Waals surface area contributed by atoms with Gasteiger partial charge in [-0.15, -0.1) is 24.0 Å². The zero-order valence-electron chi connectivity index (χ0n) is 18.7. The number of benzene rings is 2. The molecule has 0 saturated heterocycles. The lowest BCUT2D eigenvalue weighted by Crippen LogP contribution is -2.42. The Labute approximate surface area is 205 Å². The topological polar surface area (TPSA) is 58.1 Å². The molecule has 0 saturated carbocycles. The van der Waals surface area contributed by atoms with Crippen LogP contribution in [0.2, 0.25) is 0 Å². The van der Waals surface area contributed by atoms with Gasteiger partial charge in [-0.3, -0.25) is 4.90 Å². The van der Waals surface area contributed by atoms with Crippen molar-refractivity contribution in [3.8, 4) is 11.5 Å². The average molecular weight is 560 g/mol. The van der Waals surface area contributed by atoms with Crippen LogP contribution in [0.3, 0.4) is 0 Å². The van der Waals surface area contributed by atoms with Gasteiger partial charge >= 0.3 is 0 Å². The van der Waals surface area contributed by atoms with Crippen LogP contribution in [0.1, 0.15) is 23.6 Å². The minimum Gasteiger partial charge on any atom is -0.493 e. The summed E-state index contributed by atoms with van der Waals surface area (Å²) in [5.74, 6) is 1.16. The van der Waals surface area contributed by atoms with Crippen LogP contribution in [0.25, 0.3) is 0 Å². The van der Waals surface area contributed by atoms with Crippen molar-refractivity contribution < 1.29 is 18.3 Å². The molecule has 0 aromatic heterocycles. The number of fused-ring (bicyclic) bond motifs is 1. The number of nitrogens with one attached hydrogen (secondary N) is 2. The van der Waals surface area contributed by atoms with Gasteiger partial charge in [0.25, 0.3) is 0 Å². The Hall–Kier alpha value is -2.14. The summed E-state index contributed by atoms with van der Waals surface area (Å²) >= 11 is 0. The van der Waals surface area contributed by atoms with Crippen LogP contribution < -0.4 is 20.1 Å². The molecule has 0 bridgehead atoms. The third-order valence-electron chi connectivity index (χ3n) is 5.28. The van der Waals surface area contributed by atoms with E-state index in [9.17, 15) is 8.78 Å². The Balaban J connectivity index is 0.00000363. The lowest BCUT2D eigenvalue weighted by molar-refractivity contribution is 0.256. The predicted octanol–water partition coefficient (Wildman–Crippen LogP) is 3.71. The summed E-state index contributed by atoms with van der Waals surface area (Å²) in [5.41, 5.74) is 2.76. The molecule has 32 heavy (non-hydrogen) atoms. The van der Waals surface area contributed by atoms with Gasteiger partial charge in [-0.1, -0.05) is 0 Å². The van der Waals surface area contributed by atoms with Crippen LogP contribution in [-0.4, -0.2) is 51.3 Å². The van der Waals surface area contributed by atoms with Crippen LogP contribution in [0.4, 0.5) is 8.78 Å². The van der Waals surface area contributed by atoms with E-state index in [1.807, 2.05) is 13.0 Å². The first kappa shape index (κ1) is 26.1. The highest BCUT2D eigenvalue weighted by atomic mass is 127. The van der Waals surface area contributed by atoms with Crippen molar-refractivity contribution in [2.24, 2.45) is 4.99 Å². The van der Waals surface area contributed by atoms with Gasteiger partial charge in [-0.25, -0.2) is 13.8 Å². The molecule has 1 heterocycles. The van der Waals surface area contributed by atoms with Crippen molar-refractivity contribution in [2.75, 3.05) is 40.4 Å². The van der Waals surface area contributed by atoms with E-state index in [-0.39, 0.29) is 36.1 Å². The summed E-state index contributed by atoms with van der Waals surface area (Å²) in [4.78, 5) is 6.74. The maximum absolute atomic E-state index is 13.8. The first-order valence-electron chi connectivity index (χ1n) is 10.5. The van der Waals surface area contributed by atoms with Gasteiger partial charge in [0.15, 0.2) is 17.5 Å². The fourth-order valence-electron chi connectivity index (χ4n) is 3.64. The van der Waals surface area contributed by atoms with Crippen LogP contribution in [0.5, 0.6) is 11.5 Å². The van der Waals surface area contributed by atoms with Crippen LogP contribution in [0.15, 0.2) is 35.3 Å². The quantitative estimate of drug-likeness (QED) is 0.293. The fraction of sp³-hybridized carbons (Fsp3) is 0.435. The monoisotopic (exact) mass is 560 g/mol. The molecular weight excluding hydrogens is 529 g/mol. The van der Waals surface area contributed by atoms with E-state index in [4.69, 9.17) is 9.47 Å². The highest BCUT2D eigenvalue weighted by Gasteiger charge is 2.19. The largest absolute Gasteiger partial charge is 0.493 e. The van der Waals surface area contributed by atoms with Gasteiger partial charge in [0.05, 0.1) is 20.8 Å². The molecule has 1 aliphatic heterocycles. The van der Waals surface area contributed by atoms with Crippen LogP contribution in [0, 0.1) is 11.6 Å². The molecule has 2 aromatic rings. The molecule has 0 atom stereocenters. The number of rotatable bonds is 8. The minimum absolute atomic E-state index is 0. The first-order chi connectivity index (χ1) is 15.0. The second-order valence-corrected chi connectivity index (χ2v) is 7.36. The molecule has 0 unspecified atom stereocenters. The second-order valence-electron chi connectivity index (χ2n) is 7.36. The van der Waals surface area contributed by atoms with Gasteiger partial charge in [0.1, 0.15) is 11.6 Å². The number of hydrogen-bond donors (Lipinski definition) is 2. The molecule has 2 N–H and O–H groups in total. The molecule has 3 rings (SSSR count). The number of nitrogens with zero attached hydrogens (tertiary/aromatic N) is 2. The Morgan fingerprint density at radius 1 is 1.06 bits per heavy atom. The second kappa shape index (κ2) is 12.8. The van der Waals surface area contributed by atoms with E-state index in [1.165, 1.54) is 17.2 Å². The molecule has 0 amide bonds. The Kier molecular flexibility index (Phi) is 10.4. The van der Waals surface area contributed by atoms with Crippen molar-refractivity contribution in [1.82, 2.24) is 15.5 Å². The third kappa shape index (κ3) is 6.93. The van der Waals surface area contributed by atoms with Gasteiger partial charge in [-0.05, 0) is 54.8 Å². The predicted molar refractivity (Wildman–Crippen MR) is 133 cm³/mol. The van der Waals surface area contributed by atoms with E-state index in [0.717, 1.165) is 49.7 Å². The lowest BCUT2D eigenvalue weighted by Gasteiger charge is -2.29. The molecule has 0 aliphatic carbocycles. The van der Waals surface area contributed by atoms with E-state index in [2.05, 4.69) is 26.6 Å². The minimum atomic E-state index is -0.468. The summed E-state index contributed by atoms with van der Waals surface area (Å²) in [5, 5.41) is 6.42. The Morgan fingerprint density at radius 2 is 1.78 bits per heavy atom. The highest BCUT2D eigenvalue weighted by molar-refractivity contribution is 14.0. The van der Waals surface area contributed by atoms with E-state index in [1.54, 1.807) is 14.2 Å². The number of aliphatic imine (C=N–C) groups is 1. The average Bonchev–Trinajstić information content (AvgIpc) is 2.78. The molecule has 2 aromatic carbocycles. The molecule has 6 nitrogen and oxygen atoms in total. The normalized spacial score (nSPS) is 13.7. The van der Waals surface area contributed by atoms with Crippen molar-refractivity contribution in [3.63, 3.8) is 0 Å². The van der Waals surface area contributed by atoms with Crippen LogP contribution >= 0.6 is 24.0 Å². The lowest BCUT2D eigenvalue weighted by atomic mass is 9.99. The van der Waals surface area contributed by atoms with E-state index >= 15 is 0 Å².